The molecule has 0 spiro atoms. The molecular formula is C13H26N2O. The molecule has 1 rings (SSSR count). The van der Waals surface area contributed by atoms with E-state index < -0.39 is 0 Å². The van der Waals surface area contributed by atoms with Crippen LogP contribution in [-0.2, 0) is 4.79 Å². The average Bonchev–Trinajstić information content (AvgIpc) is 3.09. The van der Waals surface area contributed by atoms with Crippen LogP contribution in [-0.4, -0.2) is 18.5 Å². The zero-order valence-electron chi connectivity index (χ0n) is 10.7. The van der Waals surface area contributed by atoms with Crippen LogP contribution >= 0.6 is 0 Å². The minimum absolute atomic E-state index is 0.197. The SMILES string of the molecule is CCCC(CCC)C(=O)NC(CN)C1CC1. The second kappa shape index (κ2) is 6.89. The summed E-state index contributed by atoms with van der Waals surface area (Å²) in [5.74, 6) is 1.08. The number of rotatable bonds is 8. The normalized spacial score (nSPS) is 17.5. The van der Waals surface area contributed by atoms with Crippen LogP contribution < -0.4 is 11.1 Å². The number of nitrogens with one attached hydrogen (secondary N) is 1. The number of carbonyl (C=O) groups excluding carboxylic acids is 1. The van der Waals surface area contributed by atoms with Gasteiger partial charge in [-0.3, -0.25) is 4.79 Å². The van der Waals surface area contributed by atoms with Crippen LogP contribution in [0, 0.1) is 11.8 Å². The molecule has 1 saturated carbocycles. The number of hydrogen-bond acceptors (Lipinski definition) is 2. The van der Waals surface area contributed by atoms with E-state index >= 15 is 0 Å². The highest BCUT2D eigenvalue weighted by molar-refractivity contribution is 5.79. The molecule has 1 aliphatic carbocycles. The van der Waals surface area contributed by atoms with Gasteiger partial charge in [0, 0.05) is 18.5 Å². The Bertz CT molecular complexity index is 208. The first-order valence-electron chi connectivity index (χ1n) is 6.73. The minimum atomic E-state index is 0.197. The Morgan fingerprint density at radius 2 is 1.88 bits per heavy atom. The molecule has 0 aromatic carbocycles. The van der Waals surface area contributed by atoms with Crippen LogP contribution in [0.3, 0.4) is 0 Å². The Labute approximate surface area is 99.2 Å². The second-order valence-electron chi connectivity index (χ2n) is 4.96. The maximum absolute atomic E-state index is 12.1. The summed E-state index contributed by atoms with van der Waals surface area (Å²) in [4.78, 5) is 12.1. The highest BCUT2D eigenvalue weighted by atomic mass is 16.1. The number of carbonyl (C=O) groups is 1. The van der Waals surface area contributed by atoms with Crippen molar-refractivity contribution in [1.82, 2.24) is 5.32 Å². The van der Waals surface area contributed by atoms with Crippen LogP contribution in [0.1, 0.15) is 52.4 Å². The van der Waals surface area contributed by atoms with Gasteiger partial charge in [0.15, 0.2) is 0 Å². The first kappa shape index (κ1) is 13.5. The molecule has 1 unspecified atom stereocenters. The van der Waals surface area contributed by atoms with Crippen molar-refractivity contribution in [3.05, 3.63) is 0 Å². The highest BCUT2D eigenvalue weighted by Gasteiger charge is 2.32. The Kier molecular flexibility index (Phi) is 5.81. The van der Waals surface area contributed by atoms with Crippen LogP contribution in [0.2, 0.25) is 0 Å². The molecule has 16 heavy (non-hydrogen) atoms. The van der Waals surface area contributed by atoms with Crippen molar-refractivity contribution in [3.63, 3.8) is 0 Å². The summed E-state index contributed by atoms with van der Waals surface area (Å²) < 4.78 is 0. The van der Waals surface area contributed by atoms with Crippen molar-refractivity contribution in [1.29, 1.82) is 0 Å². The van der Waals surface area contributed by atoms with Gasteiger partial charge in [-0.1, -0.05) is 26.7 Å². The lowest BCUT2D eigenvalue weighted by Crippen LogP contribution is -2.44. The van der Waals surface area contributed by atoms with Crippen LogP contribution in [0.25, 0.3) is 0 Å². The summed E-state index contributed by atoms with van der Waals surface area (Å²) >= 11 is 0. The molecular weight excluding hydrogens is 200 g/mol. The fraction of sp³-hybridized carbons (Fsp3) is 0.923. The molecule has 0 aromatic heterocycles. The van der Waals surface area contributed by atoms with Crippen molar-refractivity contribution in [3.8, 4) is 0 Å². The van der Waals surface area contributed by atoms with E-state index in [0.29, 0.717) is 12.5 Å². The Morgan fingerprint density at radius 1 is 1.31 bits per heavy atom. The standard InChI is InChI=1S/C13H26N2O/c1-3-5-11(6-4-2)13(16)15-12(9-14)10-7-8-10/h10-12H,3-9,14H2,1-2H3,(H,15,16). The van der Waals surface area contributed by atoms with E-state index in [9.17, 15) is 4.79 Å². The van der Waals surface area contributed by atoms with Gasteiger partial charge in [0.25, 0.3) is 0 Å². The third kappa shape index (κ3) is 4.12. The van der Waals surface area contributed by atoms with E-state index in [4.69, 9.17) is 5.73 Å². The van der Waals surface area contributed by atoms with Gasteiger partial charge in [-0.15, -0.1) is 0 Å². The summed E-state index contributed by atoms with van der Waals surface area (Å²) in [5.41, 5.74) is 5.70. The van der Waals surface area contributed by atoms with Crippen molar-refractivity contribution >= 4 is 5.91 Å². The van der Waals surface area contributed by atoms with Crippen molar-refractivity contribution in [2.24, 2.45) is 17.6 Å². The van der Waals surface area contributed by atoms with Gasteiger partial charge in [0.05, 0.1) is 0 Å². The highest BCUT2D eigenvalue weighted by Crippen LogP contribution is 2.32. The number of nitrogens with two attached hydrogens (primary N) is 1. The molecule has 0 aromatic rings. The molecule has 0 saturated heterocycles. The average molecular weight is 226 g/mol. The largest absolute Gasteiger partial charge is 0.352 e. The fourth-order valence-corrected chi connectivity index (χ4v) is 2.27. The van der Waals surface area contributed by atoms with Crippen molar-refractivity contribution < 1.29 is 4.79 Å². The predicted molar refractivity (Wildman–Crippen MR) is 67.0 cm³/mol. The topological polar surface area (TPSA) is 55.1 Å². The quantitative estimate of drug-likeness (QED) is 0.665. The van der Waals surface area contributed by atoms with Gasteiger partial charge >= 0.3 is 0 Å². The lowest BCUT2D eigenvalue weighted by Gasteiger charge is -2.21. The van der Waals surface area contributed by atoms with E-state index in [-0.39, 0.29) is 17.9 Å². The van der Waals surface area contributed by atoms with Crippen LogP contribution in [0.5, 0.6) is 0 Å². The molecule has 1 fully saturated rings. The fourth-order valence-electron chi connectivity index (χ4n) is 2.27. The molecule has 3 N–H and O–H groups in total. The second-order valence-corrected chi connectivity index (χ2v) is 4.96. The number of amides is 1. The molecule has 94 valence electrons. The first-order valence-corrected chi connectivity index (χ1v) is 6.73. The molecule has 1 aliphatic rings. The Morgan fingerprint density at radius 3 is 2.25 bits per heavy atom. The van der Waals surface area contributed by atoms with Gasteiger partial charge in [0.1, 0.15) is 0 Å². The summed E-state index contributed by atoms with van der Waals surface area (Å²) in [7, 11) is 0. The monoisotopic (exact) mass is 226 g/mol. The third-order valence-corrected chi connectivity index (χ3v) is 3.42. The Hall–Kier alpha value is -0.570. The minimum Gasteiger partial charge on any atom is -0.352 e. The molecule has 1 atom stereocenters. The van der Waals surface area contributed by atoms with Crippen LogP contribution in [0.15, 0.2) is 0 Å². The third-order valence-electron chi connectivity index (χ3n) is 3.42. The van der Waals surface area contributed by atoms with E-state index in [1.165, 1.54) is 12.8 Å². The Balaban J connectivity index is 2.39. The zero-order valence-corrected chi connectivity index (χ0v) is 10.7. The molecule has 3 nitrogen and oxygen atoms in total. The maximum atomic E-state index is 12.1. The van der Waals surface area contributed by atoms with Gasteiger partial charge < -0.3 is 11.1 Å². The zero-order chi connectivity index (χ0) is 12.0. The lowest BCUT2D eigenvalue weighted by molar-refractivity contribution is -0.126. The summed E-state index contributed by atoms with van der Waals surface area (Å²) in [5, 5.41) is 3.13. The van der Waals surface area contributed by atoms with Crippen molar-refractivity contribution in [2.75, 3.05) is 6.54 Å². The van der Waals surface area contributed by atoms with E-state index in [0.717, 1.165) is 25.7 Å². The van der Waals surface area contributed by atoms with Gasteiger partial charge in [-0.05, 0) is 31.6 Å². The van der Waals surface area contributed by atoms with Gasteiger partial charge in [-0.2, -0.15) is 0 Å². The van der Waals surface area contributed by atoms with Crippen LogP contribution in [0.4, 0.5) is 0 Å². The lowest BCUT2D eigenvalue weighted by atomic mass is 9.96. The molecule has 0 heterocycles. The smallest absolute Gasteiger partial charge is 0.223 e. The molecule has 0 aliphatic heterocycles. The molecule has 1 amide bonds. The summed E-state index contributed by atoms with van der Waals surface area (Å²) in [6, 6.07) is 0.226. The predicted octanol–water partition coefficient (Wildman–Crippen LogP) is 2.06. The molecule has 0 radical (unpaired) electrons. The van der Waals surface area contributed by atoms with Gasteiger partial charge in [0.2, 0.25) is 5.91 Å². The summed E-state index contributed by atoms with van der Waals surface area (Å²) in [6.07, 6.45) is 6.62. The van der Waals surface area contributed by atoms with E-state index in [1.807, 2.05) is 0 Å². The van der Waals surface area contributed by atoms with E-state index in [2.05, 4.69) is 19.2 Å². The molecule has 3 heteroatoms. The maximum Gasteiger partial charge on any atom is 0.223 e. The van der Waals surface area contributed by atoms with Gasteiger partial charge in [-0.25, -0.2) is 0 Å². The van der Waals surface area contributed by atoms with E-state index in [1.54, 1.807) is 0 Å². The number of hydrogen-bond donors (Lipinski definition) is 2. The first-order chi connectivity index (χ1) is 7.72. The van der Waals surface area contributed by atoms with Crippen molar-refractivity contribution in [2.45, 2.75) is 58.4 Å². The summed E-state index contributed by atoms with van der Waals surface area (Å²) in [6.45, 7) is 4.86. The molecule has 0 bridgehead atoms.